The molecule has 0 spiro atoms. The molecule has 85 valence electrons. The fourth-order valence-electron chi connectivity index (χ4n) is 0.714. The minimum absolute atomic E-state index is 0. The largest absolute Gasteiger partial charge is 0.481 e. The average molecular weight is 256 g/mol. The van der Waals surface area contributed by atoms with Crippen molar-refractivity contribution < 1.29 is 51.9 Å². The third-order valence-corrected chi connectivity index (χ3v) is 1.29. The van der Waals surface area contributed by atoms with Crippen LogP contribution in [0.1, 0.15) is 12.8 Å². The van der Waals surface area contributed by atoms with Crippen LogP contribution in [0.15, 0.2) is 0 Å². The van der Waals surface area contributed by atoms with Crippen LogP contribution in [0.2, 0.25) is 0 Å². The van der Waals surface area contributed by atoms with E-state index >= 15 is 0 Å². The zero-order chi connectivity index (χ0) is 10.6. The first kappa shape index (κ1) is 15.4. The third-order valence-electron chi connectivity index (χ3n) is 1.29. The molecule has 0 heterocycles. The van der Waals surface area contributed by atoms with E-state index in [1.54, 1.807) is 0 Å². The second-order valence-electron chi connectivity index (χ2n) is 2.48. The van der Waals surface area contributed by atoms with E-state index in [1.165, 1.54) is 0 Å². The molecule has 1 radical (unpaired) electrons. The summed E-state index contributed by atoms with van der Waals surface area (Å²) < 4.78 is 0. The number of aliphatic hydroxyl groups is 1. The summed E-state index contributed by atoms with van der Waals surface area (Å²) in [4.78, 5) is 30.5. The molecule has 0 atom stereocenters. The van der Waals surface area contributed by atoms with Crippen molar-refractivity contribution in [3.8, 4) is 0 Å². The van der Waals surface area contributed by atoms with Gasteiger partial charge in [0.05, 0.1) is 12.8 Å². The number of carboxylic acids is 3. The Labute approximate surface area is 88.8 Å². The standard InChI is InChI=1S/C6H8O7.Cu/c7-3(8)1-6(13,5(11)12)2-4(9)10;/h13H,1-2H2,(H,7,8)(H,9,10)(H,11,12);. The van der Waals surface area contributed by atoms with Gasteiger partial charge >= 0.3 is 17.9 Å². The average Bonchev–Trinajstić information content (AvgIpc) is 1.82. The SMILES string of the molecule is O=C(O)CC(O)(CC(=O)O)C(=O)O.[Cu]. The molecule has 0 aromatic carbocycles. The monoisotopic (exact) mass is 255 g/mol. The summed E-state index contributed by atoms with van der Waals surface area (Å²) in [7, 11) is 0. The molecule has 0 rings (SSSR count). The number of carbonyl (C=O) groups is 3. The molecule has 0 fully saturated rings. The molecule has 0 aliphatic rings. The minimum Gasteiger partial charge on any atom is -0.481 e. The maximum atomic E-state index is 10.3. The van der Waals surface area contributed by atoms with Crippen molar-refractivity contribution >= 4 is 17.9 Å². The third kappa shape index (κ3) is 4.80. The Balaban J connectivity index is 0. The van der Waals surface area contributed by atoms with Gasteiger partial charge in [0, 0.05) is 17.1 Å². The van der Waals surface area contributed by atoms with Gasteiger partial charge in [-0.3, -0.25) is 9.59 Å². The maximum absolute atomic E-state index is 10.3. The Morgan fingerprint density at radius 1 is 0.929 bits per heavy atom. The van der Waals surface area contributed by atoms with Crippen LogP contribution in [0.5, 0.6) is 0 Å². The van der Waals surface area contributed by atoms with Crippen LogP contribution in [-0.4, -0.2) is 43.9 Å². The fraction of sp³-hybridized carbons (Fsp3) is 0.500. The number of aliphatic carboxylic acids is 3. The summed E-state index contributed by atoms with van der Waals surface area (Å²) in [6.07, 6.45) is -2.29. The van der Waals surface area contributed by atoms with Crippen molar-refractivity contribution in [1.29, 1.82) is 0 Å². The summed E-state index contributed by atoms with van der Waals surface area (Å²) in [6, 6.07) is 0. The van der Waals surface area contributed by atoms with Gasteiger partial charge in [0.1, 0.15) is 0 Å². The normalized spacial score (nSPS) is 10.1. The predicted octanol–water partition coefficient (Wildman–Crippen LogP) is -1.25. The van der Waals surface area contributed by atoms with E-state index in [2.05, 4.69) is 0 Å². The van der Waals surface area contributed by atoms with Gasteiger partial charge in [-0.1, -0.05) is 0 Å². The second-order valence-corrected chi connectivity index (χ2v) is 2.48. The molecule has 4 N–H and O–H groups in total. The second kappa shape index (κ2) is 5.58. The molecule has 0 aliphatic carbocycles. The van der Waals surface area contributed by atoms with Gasteiger partial charge in [0.15, 0.2) is 5.60 Å². The van der Waals surface area contributed by atoms with Crippen LogP contribution in [0.25, 0.3) is 0 Å². The van der Waals surface area contributed by atoms with Gasteiger partial charge in [-0.15, -0.1) is 0 Å². The first-order valence-electron chi connectivity index (χ1n) is 3.17. The van der Waals surface area contributed by atoms with Gasteiger partial charge in [0.2, 0.25) is 0 Å². The molecule has 14 heavy (non-hydrogen) atoms. The number of hydrogen-bond acceptors (Lipinski definition) is 4. The Hall–Kier alpha value is -1.11. The molecular formula is C6H8CuO7. The minimum atomic E-state index is -2.74. The Kier molecular flexibility index (Phi) is 6.13. The van der Waals surface area contributed by atoms with Crippen molar-refractivity contribution in [2.45, 2.75) is 18.4 Å². The van der Waals surface area contributed by atoms with Gasteiger partial charge in [0.25, 0.3) is 0 Å². The molecule has 0 amide bonds. The molecule has 0 saturated carbocycles. The van der Waals surface area contributed by atoms with Gasteiger partial charge < -0.3 is 20.4 Å². The van der Waals surface area contributed by atoms with E-state index in [0.717, 1.165) is 0 Å². The molecule has 7 nitrogen and oxygen atoms in total. The van der Waals surface area contributed by atoms with E-state index in [-0.39, 0.29) is 17.1 Å². The van der Waals surface area contributed by atoms with Crippen molar-refractivity contribution in [3.05, 3.63) is 0 Å². The summed E-state index contributed by atoms with van der Waals surface area (Å²) >= 11 is 0. The van der Waals surface area contributed by atoms with Crippen molar-refractivity contribution in [3.63, 3.8) is 0 Å². The molecule has 0 saturated heterocycles. The maximum Gasteiger partial charge on any atom is 0.336 e. The molecule has 0 unspecified atom stereocenters. The zero-order valence-corrected chi connectivity index (χ0v) is 7.67. The summed E-state index contributed by atoms with van der Waals surface area (Å²) in [5, 5.41) is 33.8. The fourth-order valence-corrected chi connectivity index (χ4v) is 0.714. The number of carboxylic acid groups (broad SMARTS) is 3. The van der Waals surface area contributed by atoms with E-state index < -0.39 is 36.4 Å². The van der Waals surface area contributed by atoms with Crippen LogP contribution < -0.4 is 0 Å². The van der Waals surface area contributed by atoms with Gasteiger partial charge in [-0.25, -0.2) is 4.79 Å². The Bertz CT molecular complexity index is 233. The molecule has 0 bridgehead atoms. The molecule has 8 heteroatoms. The van der Waals surface area contributed by atoms with Crippen LogP contribution in [0.4, 0.5) is 0 Å². The van der Waals surface area contributed by atoms with Crippen LogP contribution in [0, 0.1) is 0 Å². The molecule has 0 aromatic heterocycles. The van der Waals surface area contributed by atoms with Gasteiger partial charge in [-0.05, 0) is 0 Å². The predicted molar refractivity (Wildman–Crippen MR) is 37.1 cm³/mol. The Morgan fingerprint density at radius 2 is 1.21 bits per heavy atom. The number of rotatable bonds is 5. The smallest absolute Gasteiger partial charge is 0.336 e. The van der Waals surface area contributed by atoms with Crippen molar-refractivity contribution in [1.82, 2.24) is 0 Å². The molecule has 0 aromatic rings. The van der Waals surface area contributed by atoms with Crippen LogP contribution >= 0.6 is 0 Å². The van der Waals surface area contributed by atoms with E-state index in [1.807, 2.05) is 0 Å². The van der Waals surface area contributed by atoms with Gasteiger partial charge in [-0.2, -0.15) is 0 Å². The van der Waals surface area contributed by atoms with Crippen molar-refractivity contribution in [2.24, 2.45) is 0 Å². The van der Waals surface area contributed by atoms with Crippen LogP contribution in [-0.2, 0) is 31.5 Å². The van der Waals surface area contributed by atoms with E-state index in [9.17, 15) is 14.4 Å². The summed E-state index contributed by atoms with van der Waals surface area (Å²) in [5.74, 6) is -5.02. The van der Waals surface area contributed by atoms with E-state index in [0.29, 0.717) is 0 Å². The molecule has 0 aliphatic heterocycles. The first-order valence-corrected chi connectivity index (χ1v) is 3.17. The van der Waals surface area contributed by atoms with Crippen molar-refractivity contribution in [2.75, 3.05) is 0 Å². The first-order chi connectivity index (χ1) is 5.78. The summed E-state index contributed by atoms with van der Waals surface area (Å²) in [6.45, 7) is 0. The summed E-state index contributed by atoms with van der Waals surface area (Å²) in [5.41, 5.74) is -2.74. The Morgan fingerprint density at radius 3 is 1.36 bits per heavy atom. The van der Waals surface area contributed by atoms with Crippen LogP contribution in [0.3, 0.4) is 0 Å². The number of hydrogen-bond donors (Lipinski definition) is 4. The topological polar surface area (TPSA) is 132 Å². The quantitative estimate of drug-likeness (QED) is 0.451. The molecular weight excluding hydrogens is 248 g/mol. The van der Waals surface area contributed by atoms with E-state index in [4.69, 9.17) is 20.4 Å². The zero-order valence-electron chi connectivity index (χ0n) is 6.73.